The zero-order valence-corrected chi connectivity index (χ0v) is 25.9. The van der Waals surface area contributed by atoms with Crippen molar-refractivity contribution in [2.75, 3.05) is 6.61 Å². The van der Waals surface area contributed by atoms with E-state index in [1.807, 2.05) is 13.8 Å². The summed E-state index contributed by atoms with van der Waals surface area (Å²) in [6, 6.07) is 0. The van der Waals surface area contributed by atoms with Crippen LogP contribution < -0.4 is 0 Å². The highest BCUT2D eigenvalue weighted by atomic mass is 16.7. The summed E-state index contributed by atoms with van der Waals surface area (Å²) < 4.78 is 24.1. The van der Waals surface area contributed by atoms with Crippen LogP contribution in [0.5, 0.6) is 0 Å². The van der Waals surface area contributed by atoms with Crippen LogP contribution in [0, 0.1) is 35.0 Å². The second-order valence-electron chi connectivity index (χ2n) is 16.4. The average Bonchev–Trinajstić information content (AvgIpc) is 2.88. The van der Waals surface area contributed by atoms with Crippen LogP contribution >= 0.6 is 0 Å². The van der Waals surface area contributed by atoms with E-state index in [0.717, 1.165) is 44.9 Å². The van der Waals surface area contributed by atoms with Crippen molar-refractivity contribution < 1.29 is 43.5 Å². The lowest BCUT2D eigenvalue weighted by atomic mass is 9.46. The fraction of sp³-hybridized carbons (Fsp3) is 0.921. The van der Waals surface area contributed by atoms with Crippen molar-refractivity contribution >= 4 is 17.9 Å². The maximum atomic E-state index is 13.7. The molecule has 9 atom stereocenters. The van der Waals surface area contributed by atoms with E-state index in [1.165, 1.54) is 0 Å². The molecule has 272 valence electrons. The largest absolute Gasteiger partial charge is 0.459 e. The summed E-state index contributed by atoms with van der Waals surface area (Å²) in [5, 5.41) is 22.6. The van der Waals surface area contributed by atoms with Crippen molar-refractivity contribution in [1.82, 2.24) is 0 Å². The number of carbonyl (C=O) groups excluding carboxylic acids is 3. The molecule has 0 radical (unpaired) electrons. The van der Waals surface area contributed by atoms with Crippen LogP contribution in [0.1, 0.15) is 153 Å². The lowest BCUT2D eigenvalue weighted by molar-refractivity contribution is -0.257. The van der Waals surface area contributed by atoms with Gasteiger partial charge in [-0.25, -0.2) is 0 Å². The average molecular weight is 667 g/mol. The van der Waals surface area contributed by atoms with Crippen LogP contribution in [0.25, 0.3) is 0 Å². The second kappa shape index (κ2) is 13.9. The summed E-state index contributed by atoms with van der Waals surface area (Å²) in [5.41, 5.74) is -4.14. The van der Waals surface area contributed by atoms with Crippen molar-refractivity contribution in [1.29, 1.82) is 0 Å². The number of carbonyl (C=O) groups is 3. The van der Waals surface area contributed by atoms with Crippen LogP contribution in [0.3, 0.4) is 0 Å². The molecule has 9 rings (SSSR count). The highest BCUT2D eigenvalue weighted by Gasteiger charge is 2.68. The topological polar surface area (TPSA) is 129 Å². The van der Waals surface area contributed by atoms with E-state index in [4.69, 9.17) is 18.9 Å². The first-order valence-corrected chi connectivity index (χ1v) is 17.1. The van der Waals surface area contributed by atoms with Gasteiger partial charge in [0, 0.05) is 25.7 Å². The lowest BCUT2D eigenvalue weighted by Gasteiger charge is -2.62. The van der Waals surface area contributed by atoms with E-state index in [-0.39, 0.29) is 53.5 Å². The highest BCUT2D eigenvalue weighted by Crippen LogP contribution is 2.65. The zero-order valence-electron chi connectivity index (χ0n) is 25.9. The van der Waals surface area contributed by atoms with Gasteiger partial charge in [0.25, 0.3) is 0 Å². The minimum absolute atomic E-state index is 0. The molecule has 0 amide bonds. The Bertz CT molecular complexity index is 1130. The fourth-order valence-electron chi connectivity index (χ4n) is 11.5. The van der Waals surface area contributed by atoms with Gasteiger partial charge < -0.3 is 29.2 Å². The molecule has 9 unspecified atom stereocenters. The lowest BCUT2D eigenvalue weighted by Crippen LogP contribution is -2.66. The standard InChI is InChI=1S/C34H50O9.4CH4/c1-3-25(8-21(2)27(35)42-33-14-22-9-23(15-33)12-31(38,11-22)19-33)28(36)43-34-16-24-10-30(18-34,17-32(39,13-24)20-34)29(37)41-26-6-4-5-7-40-26;;;;/h21-26,38-39H,3-20H2,1-2H3;4*1H4. The molecule has 9 fully saturated rings. The van der Waals surface area contributed by atoms with E-state index in [0.29, 0.717) is 82.7 Å². The Balaban J connectivity index is 0.00000150. The Morgan fingerprint density at radius 3 is 1.98 bits per heavy atom. The molecule has 8 saturated carbocycles. The molecule has 47 heavy (non-hydrogen) atoms. The molecule has 9 aliphatic rings. The fourth-order valence-corrected chi connectivity index (χ4v) is 11.5. The van der Waals surface area contributed by atoms with Crippen LogP contribution in [0.2, 0.25) is 0 Å². The van der Waals surface area contributed by atoms with Crippen LogP contribution in [0.4, 0.5) is 0 Å². The third kappa shape index (κ3) is 7.42. The molecule has 1 aliphatic heterocycles. The van der Waals surface area contributed by atoms with Gasteiger partial charge in [-0.15, -0.1) is 0 Å². The Kier molecular flexibility index (Phi) is 11.7. The van der Waals surface area contributed by atoms with Gasteiger partial charge in [-0.05, 0) is 101 Å². The first kappa shape index (κ1) is 39.7. The van der Waals surface area contributed by atoms with Gasteiger partial charge in [-0.2, -0.15) is 0 Å². The SMILES string of the molecule is C.C.C.C.CCC(CC(C)C(=O)OC12CC3CC(CC(O)(C3)C1)C2)C(=O)OC12CC3CC(O)(C1)CC(C(=O)OC1CCCCO1)(C3)C2. The van der Waals surface area contributed by atoms with E-state index in [9.17, 15) is 24.6 Å². The predicted octanol–water partition coefficient (Wildman–Crippen LogP) is 7.28. The molecule has 1 saturated heterocycles. The minimum atomic E-state index is -1.06. The van der Waals surface area contributed by atoms with Crippen molar-refractivity contribution in [2.45, 2.75) is 181 Å². The van der Waals surface area contributed by atoms with Crippen molar-refractivity contribution in [2.24, 2.45) is 35.0 Å². The molecule has 9 heteroatoms. The number of ether oxygens (including phenoxy) is 4. The van der Waals surface area contributed by atoms with Crippen molar-refractivity contribution in [3.63, 3.8) is 0 Å². The first-order valence-electron chi connectivity index (χ1n) is 17.1. The van der Waals surface area contributed by atoms with Gasteiger partial charge >= 0.3 is 17.9 Å². The van der Waals surface area contributed by atoms with Gasteiger partial charge in [0.15, 0.2) is 0 Å². The van der Waals surface area contributed by atoms with Crippen molar-refractivity contribution in [3.8, 4) is 0 Å². The summed E-state index contributed by atoms with van der Waals surface area (Å²) in [7, 11) is 0. The zero-order chi connectivity index (χ0) is 30.3. The molecule has 1 heterocycles. The predicted molar refractivity (Wildman–Crippen MR) is 180 cm³/mol. The Hall–Kier alpha value is -1.71. The third-order valence-corrected chi connectivity index (χ3v) is 12.3. The molecule has 0 aromatic carbocycles. The molecular weight excluding hydrogens is 600 g/mol. The maximum absolute atomic E-state index is 13.7. The summed E-state index contributed by atoms with van der Waals surface area (Å²) in [6.45, 7) is 4.32. The number of hydrogen-bond acceptors (Lipinski definition) is 9. The molecule has 0 aromatic heterocycles. The Morgan fingerprint density at radius 2 is 1.38 bits per heavy atom. The monoisotopic (exact) mass is 666 g/mol. The molecule has 0 spiro atoms. The van der Waals surface area contributed by atoms with E-state index in [2.05, 4.69) is 0 Å². The number of aliphatic hydroxyl groups is 2. The van der Waals surface area contributed by atoms with Gasteiger partial charge in [0.05, 0.1) is 35.1 Å². The second-order valence-corrected chi connectivity index (χ2v) is 16.4. The maximum Gasteiger partial charge on any atom is 0.314 e. The summed E-state index contributed by atoms with van der Waals surface area (Å²) in [5.74, 6) is -1.07. The van der Waals surface area contributed by atoms with Gasteiger partial charge in [-0.1, -0.05) is 43.6 Å². The molecule has 0 aromatic rings. The quantitative estimate of drug-likeness (QED) is 0.193. The first-order chi connectivity index (χ1) is 20.3. The number of hydrogen-bond donors (Lipinski definition) is 2. The molecule has 2 N–H and O–H groups in total. The van der Waals surface area contributed by atoms with E-state index in [1.54, 1.807) is 0 Å². The minimum Gasteiger partial charge on any atom is -0.459 e. The number of esters is 3. The third-order valence-electron chi connectivity index (χ3n) is 12.3. The van der Waals surface area contributed by atoms with Gasteiger partial charge in [0.1, 0.15) is 11.2 Å². The van der Waals surface area contributed by atoms with Gasteiger partial charge in [-0.3, -0.25) is 14.4 Å². The van der Waals surface area contributed by atoms with Gasteiger partial charge in [0.2, 0.25) is 6.29 Å². The smallest absolute Gasteiger partial charge is 0.314 e. The summed E-state index contributed by atoms with van der Waals surface area (Å²) in [4.78, 5) is 40.7. The molecule has 9 nitrogen and oxygen atoms in total. The number of rotatable bonds is 9. The summed E-state index contributed by atoms with van der Waals surface area (Å²) in [6.07, 6.45) is 10.7. The molecule has 8 aliphatic carbocycles. The van der Waals surface area contributed by atoms with Crippen LogP contribution in [-0.4, -0.2) is 63.4 Å². The Labute approximate surface area is 284 Å². The van der Waals surface area contributed by atoms with E-state index >= 15 is 0 Å². The highest BCUT2D eigenvalue weighted by molar-refractivity contribution is 5.79. The summed E-state index contributed by atoms with van der Waals surface area (Å²) >= 11 is 0. The van der Waals surface area contributed by atoms with E-state index < -0.39 is 45.9 Å². The molecular formula is C38H66O9. The Morgan fingerprint density at radius 1 is 0.766 bits per heavy atom. The normalized spacial score (nSPS) is 43.1. The van der Waals surface area contributed by atoms with Crippen LogP contribution in [-0.2, 0) is 33.3 Å². The van der Waals surface area contributed by atoms with Crippen molar-refractivity contribution in [3.05, 3.63) is 0 Å². The van der Waals surface area contributed by atoms with Crippen LogP contribution in [0.15, 0.2) is 0 Å². The molecule has 8 bridgehead atoms.